The Bertz CT molecular complexity index is 996. The maximum absolute atomic E-state index is 6.56. The topological polar surface area (TPSA) is 12.5 Å². The summed E-state index contributed by atoms with van der Waals surface area (Å²) in [6, 6.07) is 30.4. The van der Waals surface area contributed by atoms with E-state index in [2.05, 4.69) is 103 Å². The second-order valence-corrected chi connectivity index (χ2v) is 8.39. The molecule has 0 aliphatic carbocycles. The van der Waals surface area contributed by atoms with Gasteiger partial charge in [-0.1, -0.05) is 98.4 Å². The van der Waals surface area contributed by atoms with Crippen LogP contribution in [0.5, 0.6) is 0 Å². The van der Waals surface area contributed by atoms with Gasteiger partial charge in [-0.05, 0) is 22.3 Å². The van der Waals surface area contributed by atoms with E-state index in [1.807, 2.05) is 0 Å². The van der Waals surface area contributed by atoms with Crippen LogP contribution in [0.4, 0.5) is 0 Å². The minimum atomic E-state index is -0.286. The molecule has 3 atom stereocenters. The summed E-state index contributed by atoms with van der Waals surface area (Å²) in [5.74, 6) is 0.435. The lowest BCUT2D eigenvalue weighted by Gasteiger charge is -2.35. The van der Waals surface area contributed by atoms with Crippen LogP contribution in [0, 0.1) is 5.92 Å². The van der Waals surface area contributed by atoms with Crippen molar-refractivity contribution in [1.29, 1.82) is 0 Å². The van der Waals surface area contributed by atoms with E-state index in [1.54, 1.807) is 0 Å². The number of nitrogens with zero attached hydrogens (tertiary/aromatic N) is 1. The van der Waals surface area contributed by atoms with E-state index in [-0.39, 0.29) is 11.8 Å². The molecule has 5 rings (SSSR count). The van der Waals surface area contributed by atoms with Crippen LogP contribution in [0.3, 0.4) is 0 Å². The monoisotopic (exact) mass is 381 g/mol. The van der Waals surface area contributed by atoms with Crippen LogP contribution in [0.1, 0.15) is 30.5 Å². The van der Waals surface area contributed by atoms with E-state index in [0.29, 0.717) is 5.92 Å². The van der Waals surface area contributed by atoms with Crippen LogP contribution < -0.4 is 0 Å². The Kier molecular flexibility index (Phi) is 4.52. The first kappa shape index (κ1) is 18.2. The van der Waals surface area contributed by atoms with Gasteiger partial charge in [-0.15, -0.1) is 0 Å². The molecular formula is C27H27NO. The number of ether oxygens (including phenoxy) is 1. The van der Waals surface area contributed by atoms with Gasteiger partial charge in [0.2, 0.25) is 0 Å². The Morgan fingerprint density at radius 2 is 1.52 bits per heavy atom. The summed E-state index contributed by atoms with van der Waals surface area (Å²) in [5, 5.41) is 0. The Morgan fingerprint density at radius 1 is 0.897 bits per heavy atom. The molecule has 2 nitrogen and oxygen atoms in total. The summed E-state index contributed by atoms with van der Waals surface area (Å²) >= 11 is 0. The number of allylic oxidation sites excluding steroid dienone is 1. The Hall–Kier alpha value is -2.84. The molecule has 2 aliphatic rings. The third-order valence-electron chi connectivity index (χ3n) is 6.49. The van der Waals surface area contributed by atoms with Crippen molar-refractivity contribution in [3.8, 4) is 11.1 Å². The van der Waals surface area contributed by atoms with Gasteiger partial charge in [0.15, 0.2) is 0 Å². The van der Waals surface area contributed by atoms with Gasteiger partial charge in [0, 0.05) is 24.5 Å². The lowest BCUT2D eigenvalue weighted by atomic mass is 9.95. The summed E-state index contributed by atoms with van der Waals surface area (Å²) in [6.07, 6.45) is 1.88. The van der Waals surface area contributed by atoms with E-state index < -0.39 is 0 Å². The Morgan fingerprint density at radius 3 is 2.21 bits per heavy atom. The van der Waals surface area contributed by atoms with E-state index in [0.717, 1.165) is 19.4 Å². The van der Waals surface area contributed by atoms with Crippen LogP contribution in [0.2, 0.25) is 0 Å². The summed E-state index contributed by atoms with van der Waals surface area (Å²) in [4.78, 5) is 2.47. The first-order valence-corrected chi connectivity index (χ1v) is 10.5. The minimum absolute atomic E-state index is 0.247. The van der Waals surface area contributed by atoms with Gasteiger partial charge < -0.3 is 9.64 Å². The average molecular weight is 382 g/mol. The zero-order valence-electron chi connectivity index (χ0n) is 16.9. The molecule has 2 heterocycles. The predicted octanol–water partition coefficient (Wildman–Crippen LogP) is 6.22. The molecule has 3 aromatic rings. The molecule has 2 heteroatoms. The fraction of sp³-hybridized carbons (Fsp3) is 0.259. The van der Waals surface area contributed by atoms with Crippen molar-refractivity contribution >= 4 is 0 Å². The van der Waals surface area contributed by atoms with E-state index in [9.17, 15) is 0 Å². The molecule has 2 aliphatic heterocycles. The van der Waals surface area contributed by atoms with Crippen molar-refractivity contribution in [2.45, 2.75) is 31.5 Å². The van der Waals surface area contributed by atoms with Crippen molar-refractivity contribution in [3.05, 3.63) is 108 Å². The Balaban J connectivity index is 1.43. The highest BCUT2D eigenvalue weighted by atomic mass is 16.5. The summed E-state index contributed by atoms with van der Waals surface area (Å²) in [6.45, 7) is 7.43. The lowest BCUT2D eigenvalue weighted by Crippen LogP contribution is -2.41. The van der Waals surface area contributed by atoms with Crippen LogP contribution in [0.25, 0.3) is 11.1 Å². The van der Waals surface area contributed by atoms with Crippen LogP contribution in [0.15, 0.2) is 97.2 Å². The van der Waals surface area contributed by atoms with Crippen molar-refractivity contribution < 1.29 is 4.74 Å². The Labute approximate surface area is 173 Å². The van der Waals surface area contributed by atoms with E-state index in [4.69, 9.17) is 4.74 Å². The van der Waals surface area contributed by atoms with E-state index >= 15 is 0 Å². The van der Waals surface area contributed by atoms with Crippen LogP contribution >= 0.6 is 0 Å². The molecule has 3 aromatic carbocycles. The highest BCUT2D eigenvalue weighted by Crippen LogP contribution is 2.52. The molecule has 0 bridgehead atoms. The van der Waals surface area contributed by atoms with Gasteiger partial charge in [-0.25, -0.2) is 0 Å². The van der Waals surface area contributed by atoms with Gasteiger partial charge in [0.05, 0.1) is 12.6 Å². The summed E-state index contributed by atoms with van der Waals surface area (Å²) in [5.41, 5.74) is 6.04. The van der Waals surface area contributed by atoms with Crippen LogP contribution in [-0.2, 0) is 11.2 Å². The molecule has 0 N–H and O–H groups in total. The fourth-order valence-corrected chi connectivity index (χ4v) is 5.01. The molecule has 0 unspecified atom stereocenters. The fourth-order valence-electron chi connectivity index (χ4n) is 5.01. The summed E-state index contributed by atoms with van der Waals surface area (Å²) in [7, 11) is 0. The maximum atomic E-state index is 6.56. The average Bonchev–Trinajstić information content (AvgIpc) is 3.24. The number of hydrogen-bond donors (Lipinski definition) is 0. The third kappa shape index (κ3) is 3.18. The zero-order valence-corrected chi connectivity index (χ0v) is 16.9. The van der Waals surface area contributed by atoms with Crippen LogP contribution in [-0.4, -0.2) is 17.2 Å². The molecule has 146 valence electrons. The first-order valence-electron chi connectivity index (χ1n) is 10.5. The molecule has 2 fully saturated rings. The SMILES string of the molecule is C=C1[C@H](C)C[C@]2(Cc3ccc(-c4ccccc4)cc3)OC[C@@H](c3ccccc3)N12. The normalized spacial score (nSPS) is 26.0. The van der Waals surface area contributed by atoms with E-state index in [1.165, 1.54) is 28.0 Å². The van der Waals surface area contributed by atoms with Gasteiger partial charge in [0.1, 0.15) is 5.72 Å². The number of benzene rings is 3. The molecule has 2 saturated heterocycles. The second-order valence-electron chi connectivity index (χ2n) is 8.39. The first-order chi connectivity index (χ1) is 14.2. The number of fused-ring (bicyclic) bond motifs is 1. The van der Waals surface area contributed by atoms with Crippen molar-refractivity contribution in [2.75, 3.05) is 6.61 Å². The smallest absolute Gasteiger partial charge is 0.146 e. The standard InChI is InChI=1S/C27H27NO/c1-20-17-27(18-22-13-15-24(16-14-22)23-9-5-3-6-10-23)28(21(20)2)26(19-29-27)25-11-7-4-8-12-25/h3-16,20,26H,2,17-19H2,1H3/t20-,26+,27-/m1/s1. The molecule has 0 spiro atoms. The quantitative estimate of drug-likeness (QED) is 0.532. The molecule has 0 radical (unpaired) electrons. The molecule has 0 saturated carbocycles. The van der Waals surface area contributed by atoms with Gasteiger partial charge in [0.25, 0.3) is 0 Å². The second kappa shape index (κ2) is 7.20. The number of hydrogen-bond acceptors (Lipinski definition) is 2. The summed E-state index contributed by atoms with van der Waals surface area (Å²) < 4.78 is 6.56. The van der Waals surface area contributed by atoms with Gasteiger partial charge >= 0.3 is 0 Å². The lowest BCUT2D eigenvalue weighted by molar-refractivity contribution is -0.0548. The largest absolute Gasteiger partial charge is 0.353 e. The predicted molar refractivity (Wildman–Crippen MR) is 118 cm³/mol. The highest BCUT2D eigenvalue weighted by Gasteiger charge is 2.54. The van der Waals surface area contributed by atoms with Crippen molar-refractivity contribution in [3.63, 3.8) is 0 Å². The van der Waals surface area contributed by atoms with Crippen molar-refractivity contribution in [1.82, 2.24) is 4.90 Å². The van der Waals surface area contributed by atoms with Gasteiger partial charge in [-0.2, -0.15) is 0 Å². The molecular weight excluding hydrogens is 354 g/mol. The zero-order chi connectivity index (χ0) is 19.8. The minimum Gasteiger partial charge on any atom is -0.353 e. The number of rotatable bonds is 4. The molecule has 0 aromatic heterocycles. The third-order valence-corrected chi connectivity index (χ3v) is 6.49. The molecule has 29 heavy (non-hydrogen) atoms. The maximum Gasteiger partial charge on any atom is 0.146 e. The highest BCUT2D eigenvalue weighted by molar-refractivity contribution is 5.63. The van der Waals surface area contributed by atoms with Crippen molar-refractivity contribution in [2.24, 2.45) is 5.92 Å². The van der Waals surface area contributed by atoms with Gasteiger partial charge in [-0.3, -0.25) is 0 Å². The molecule has 0 amide bonds.